The van der Waals surface area contributed by atoms with Crippen LogP contribution in [0.1, 0.15) is 19.8 Å². The molecule has 1 N–H and O–H groups in total. The van der Waals surface area contributed by atoms with Gasteiger partial charge in [0.15, 0.2) is 5.82 Å². The number of benzene rings is 2. The zero-order valence-electron chi connectivity index (χ0n) is 15.9. The number of hydrogen-bond acceptors (Lipinski definition) is 2. The van der Waals surface area contributed by atoms with Gasteiger partial charge in [-0.25, -0.2) is 4.98 Å². The fraction of sp³-hybridized carbons (Fsp3) is 0.167. The average Bonchev–Trinajstić information content (AvgIpc) is 3.36. The number of aryl methyl sites for hydroxylation is 1. The normalized spacial score (nSPS) is 11.5. The van der Waals surface area contributed by atoms with Crippen LogP contribution in [-0.2, 0) is 6.54 Å². The topological polar surface area (TPSA) is 46.5 Å². The summed E-state index contributed by atoms with van der Waals surface area (Å²) in [6.45, 7) is 3.24. The van der Waals surface area contributed by atoms with Crippen molar-refractivity contribution >= 4 is 21.8 Å². The molecule has 5 rings (SSSR count). The summed E-state index contributed by atoms with van der Waals surface area (Å²) in [6.07, 6.45) is 6.20. The third kappa shape index (κ3) is 2.78. The SMILES string of the molecule is CCCCn1c2ccccc2c2cc(-c3ncc(-c4ccccc4)[nH]3)ncc21. The molecule has 3 heterocycles. The van der Waals surface area contributed by atoms with Gasteiger partial charge in [-0.15, -0.1) is 0 Å². The second-order valence-electron chi connectivity index (χ2n) is 7.12. The lowest BCUT2D eigenvalue weighted by atomic mass is 10.1. The van der Waals surface area contributed by atoms with Crippen molar-refractivity contribution in [2.75, 3.05) is 0 Å². The zero-order chi connectivity index (χ0) is 18.9. The Morgan fingerprint density at radius 1 is 0.857 bits per heavy atom. The minimum absolute atomic E-state index is 0.797. The molecule has 0 saturated heterocycles. The number of hydrogen-bond donors (Lipinski definition) is 1. The van der Waals surface area contributed by atoms with Crippen LogP contribution in [-0.4, -0.2) is 19.5 Å². The highest BCUT2D eigenvalue weighted by Gasteiger charge is 2.13. The van der Waals surface area contributed by atoms with Crippen LogP contribution in [0.3, 0.4) is 0 Å². The molecule has 138 valence electrons. The van der Waals surface area contributed by atoms with Crippen molar-refractivity contribution in [1.82, 2.24) is 19.5 Å². The highest BCUT2D eigenvalue weighted by molar-refractivity contribution is 6.08. The van der Waals surface area contributed by atoms with Gasteiger partial charge < -0.3 is 9.55 Å². The molecule has 5 aromatic rings. The molecule has 0 aliphatic heterocycles. The number of pyridine rings is 1. The number of imidazole rings is 1. The standard InChI is InChI=1S/C24H22N4/c1-2-3-13-28-22-12-8-7-11-18(22)19-14-20(25-16-23(19)28)24-26-15-21(27-24)17-9-5-4-6-10-17/h4-12,14-16H,2-3,13H2,1H3,(H,26,27). The zero-order valence-corrected chi connectivity index (χ0v) is 15.9. The Morgan fingerprint density at radius 3 is 2.54 bits per heavy atom. The molecule has 0 radical (unpaired) electrons. The fourth-order valence-electron chi connectivity index (χ4n) is 3.85. The molecule has 28 heavy (non-hydrogen) atoms. The maximum atomic E-state index is 4.73. The summed E-state index contributed by atoms with van der Waals surface area (Å²) in [6, 6.07) is 21.0. The highest BCUT2D eigenvalue weighted by Crippen LogP contribution is 2.31. The van der Waals surface area contributed by atoms with E-state index in [1.807, 2.05) is 30.6 Å². The molecule has 0 bridgehead atoms. The van der Waals surface area contributed by atoms with Crippen molar-refractivity contribution in [3.63, 3.8) is 0 Å². The molecule has 0 unspecified atom stereocenters. The van der Waals surface area contributed by atoms with Crippen molar-refractivity contribution in [1.29, 1.82) is 0 Å². The van der Waals surface area contributed by atoms with Crippen LogP contribution in [0.4, 0.5) is 0 Å². The van der Waals surface area contributed by atoms with Gasteiger partial charge in [-0.1, -0.05) is 61.9 Å². The van der Waals surface area contributed by atoms with Crippen LogP contribution in [0.2, 0.25) is 0 Å². The van der Waals surface area contributed by atoms with E-state index in [1.54, 1.807) is 0 Å². The van der Waals surface area contributed by atoms with E-state index >= 15 is 0 Å². The minimum atomic E-state index is 0.797. The smallest absolute Gasteiger partial charge is 0.156 e. The number of fused-ring (bicyclic) bond motifs is 3. The molecule has 0 saturated carbocycles. The van der Waals surface area contributed by atoms with Crippen molar-refractivity contribution < 1.29 is 0 Å². The Labute approximate surface area is 163 Å². The first kappa shape index (κ1) is 16.8. The number of rotatable bonds is 5. The van der Waals surface area contributed by atoms with Gasteiger partial charge in [0.05, 0.1) is 23.6 Å². The van der Waals surface area contributed by atoms with Crippen LogP contribution >= 0.6 is 0 Å². The largest absolute Gasteiger partial charge is 0.339 e. The van der Waals surface area contributed by atoms with Gasteiger partial charge in [0.1, 0.15) is 5.69 Å². The predicted molar refractivity (Wildman–Crippen MR) is 115 cm³/mol. The molecule has 4 nitrogen and oxygen atoms in total. The molecule has 2 aromatic carbocycles. The molecule has 3 aromatic heterocycles. The molecule has 0 atom stereocenters. The van der Waals surface area contributed by atoms with Crippen LogP contribution in [0.15, 0.2) is 73.1 Å². The monoisotopic (exact) mass is 366 g/mol. The number of H-pyrrole nitrogens is 1. The second kappa shape index (κ2) is 6.97. The third-order valence-electron chi connectivity index (χ3n) is 5.30. The lowest BCUT2D eigenvalue weighted by Gasteiger charge is -2.06. The molecular weight excluding hydrogens is 344 g/mol. The van der Waals surface area contributed by atoms with Gasteiger partial charge in [0, 0.05) is 22.8 Å². The fourth-order valence-corrected chi connectivity index (χ4v) is 3.85. The van der Waals surface area contributed by atoms with E-state index in [0.717, 1.165) is 35.7 Å². The van der Waals surface area contributed by atoms with E-state index in [-0.39, 0.29) is 0 Å². The van der Waals surface area contributed by atoms with E-state index < -0.39 is 0 Å². The summed E-state index contributed by atoms with van der Waals surface area (Å²) in [5.41, 5.74) is 5.46. The Bertz CT molecular complexity index is 1250. The first-order valence-electron chi connectivity index (χ1n) is 9.83. The summed E-state index contributed by atoms with van der Waals surface area (Å²) in [4.78, 5) is 12.7. The average molecular weight is 366 g/mol. The number of aromatic amines is 1. The Balaban J connectivity index is 1.63. The minimum Gasteiger partial charge on any atom is -0.339 e. The van der Waals surface area contributed by atoms with Crippen LogP contribution < -0.4 is 0 Å². The van der Waals surface area contributed by atoms with Crippen molar-refractivity contribution in [3.8, 4) is 22.8 Å². The third-order valence-corrected chi connectivity index (χ3v) is 5.30. The molecular formula is C24H22N4. The van der Waals surface area contributed by atoms with Gasteiger partial charge in [-0.05, 0) is 24.1 Å². The van der Waals surface area contributed by atoms with E-state index in [1.165, 1.54) is 28.2 Å². The summed E-state index contributed by atoms with van der Waals surface area (Å²) in [5, 5.41) is 2.50. The molecule has 0 aliphatic carbocycles. The maximum absolute atomic E-state index is 4.73. The molecule has 0 spiro atoms. The summed E-state index contributed by atoms with van der Waals surface area (Å²) >= 11 is 0. The Hall–Kier alpha value is -3.40. The molecule has 0 aliphatic rings. The summed E-state index contributed by atoms with van der Waals surface area (Å²) < 4.78 is 2.39. The first-order chi connectivity index (χ1) is 13.8. The number of nitrogens with one attached hydrogen (secondary N) is 1. The Kier molecular flexibility index (Phi) is 4.17. The van der Waals surface area contributed by atoms with Crippen molar-refractivity contribution in [3.05, 3.63) is 73.1 Å². The quantitative estimate of drug-likeness (QED) is 0.412. The van der Waals surface area contributed by atoms with Crippen LogP contribution in [0.25, 0.3) is 44.6 Å². The number of nitrogens with zero attached hydrogens (tertiary/aromatic N) is 3. The molecule has 4 heteroatoms. The van der Waals surface area contributed by atoms with Crippen LogP contribution in [0, 0.1) is 0 Å². The highest BCUT2D eigenvalue weighted by atomic mass is 15.0. The van der Waals surface area contributed by atoms with Crippen molar-refractivity contribution in [2.24, 2.45) is 0 Å². The van der Waals surface area contributed by atoms with Gasteiger partial charge in [-0.2, -0.15) is 0 Å². The Morgan fingerprint density at radius 2 is 1.68 bits per heavy atom. The predicted octanol–water partition coefficient (Wildman–Crippen LogP) is 6.05. The maximum Gasteiger partial charge on any atom is 0.156 e. The lowest BCUT2D eigenvalue weighted by molar-refractivity contribution is 0.664. The first-order valence-corrected chi connectivity index (χ1v) is 9.83. The summed E-state index contributed by atoms with van der Waals surface area (Å²) in [5.74, 6) is 0.797. The number of aromatic nitrogens is 4. The van der Waals surface area contributed by atoms with Crippen LogP contribution in [0.5, 0.6) is 0 Å². The van der Waals surface area contributed by atoms with E-state index in [2.05, 4.69) is 63.9 Å². The van der Waals surface area contributed by atoms with Gasteiger partial charge in [-0.3, -0.25) is 4.98 Å². The molecule has 0 amide bonds. The number of unbranched alkanes of at least 4 members (excludes halogenated alkanes) is 1. The van der Waals surface area contributed by atoms with E-state index in [4.69, 9.17) is 4.98 Å². The second-order valence-corrected chi connectivity index (χ2v) is 7.12. The van der Waals surface area contributed by atoms with Gasteiger partial charge >= 0.3 is 0 Å². The van der Waals surface area contributed by atoms with E-state index in [0.29, 0.717) is 0 Å². The number of para-hydroxylation sites is 1. The lowest BCUT2D eigenvalue weighted by Crippen LogP contribution is -1.97. The van der Waals surface area contributed by atoms with Gasteiger partial charge in [0.25, 0.3) is 0 Å². The van der Waals surface area contributed by atoms with Crippen molar-refractivity contribution in [2.45, 2.75) is 26.3 Å². The van der Waals surface area contributed by atoms with E-state index in [9.17, 15) is 0 Å². The van der Waals surface area contributed by atoms with Gasteiger partial charge in [0.2, 0.25) is 0 Å². The molecule has 0 fully saturated rings. The summed E-state index contributed by atoms with van der Waals surface area (Å²) in [7, 11) is 0.